The molecule has 3 fully saturated rings. The van der Waals surface area contributed by atoms with E-state index in [4.69, 9.17) is 9.90 Å². The summed E-state index contributed by atoms with van der Waals surface area (Å²) in [7, 11) is 1.00. The molecule has 0 aromatic heterocycles. The largest absolute Gasteiger partial charge is 0.400 e. The van der Waals surface area contributed by atoms with E-state index in [1.165, 1.54) is 19.3 Å². The molecule has 4 unspecified atom stereocenters. The van der Waals surface area contributed by atoms with Crippen LogP contribution < -0.4 is 0 Å². The SMILES string of the molecule is C.C=C.C=O.CO.OC1CC2C3CCC(C3)C2C1. The summed E-state index contributed by atoms with van der Waals surface area (Å²) < 4.78 is 0. The minimum Gasteiger partial charge on any atom is -0.400 e. The van der Waals surface area contributed by atoms with Crippen LogP contribution in [0.1, 0.15) is 39.5 Å². The number of carbonyl (C=O) groups is 1. The number of carbonyl (C=O) groups excluding carboxylic acids is 1. The summed E-state index contributed by atoms with van der Waals surface area (Å²) in [5, 5.41) is 16.5. The first-order valence-corrected chi connectivity index (χ1v) is 6.26. The summed E-state index contributed by atoms with van der Waals surface area (Å²) in [5.74, 6) is 3.90. The lowest BCUT2D eigenvalue weighted by Crippen LogP contribution is -2.15. The zero-order chi connectivity index (χ0) is 13.4. The van der Waals surface area contributed by atoms with E-state index in [2.05, 4.69) is 13.2 Å². The van der Waals surface area contributed by atoms with Gasteiger partial charge in [-0.3, -0.25) is 0 Å². The van der Waals surface area contributed by atoms with Crippen molar-refractivity contribution in [2.24, 2.45) is 23.7 Å². The smallest absolute Gasteiger partial charge is 0.106 e. The van der Waals surface area contributed by atoms with Crippen LogP contribution in [0.2, 0.25) is 0 Å². The van der Waals surface area contributed by atoms with E-state index in [9.17, 15) is 5.11 Å². The third-order valence-electron chi connectivity index (χ3n) is 4.36. The third kappa shape index (κ3) is 3.92. The maximum atomic E-state index is 9.50. The van der Waals surface area contributed by atoms with Crippen LogP contribution >= 0.6 is 0 Å². The second-order valence-corrected chi connectivity index (χ2v) is 4.79. The van der Waals surface area contributed by atoms with Gasteiger partial charge in [0.2, 0.25) is 0 Å². The fraction of sp³-hybridized carbons (Fsp3) is 0.800. The van der Waals surface area contributed by atoms with Crippen LogP contribution in [0.15, 0.2) is 13.2 Å². The third-order valence-corrected chi connectivity index (χ3v) is 4.36. The average molecular weight is 258 g/mol. The monoisotopic (exact) mass is 258 g/mol. The van der Waals surface area contributed by atoms with E-state index in [0.29, 0.717) is 0 Å². The average Bonchev–Trinajstić information content (AvgIpc) is 3.08. The zero-order valence-corrected chi connectivity index (χ0v) is 10.8. The van der Waals surface area contributed by atoms with Gasteiger partial charge >= 0.3 is 0 Å². The van der Waals surface area contributed by atoms with Crippen molar-refractivity contribution in [1.82, 2.24) is 0 Å². The molecular formula is C15H30O3. The maximum Gasteiger partial charge on any atom is 0.106 e. The highest BCUT2D eigenvalue weighted by atomic mass is 16.3. The van der Waals surface area contributed by atoms with Gasteiger partial charge in [0.25, 0.3) is 0 Å². The molecule has 0 amide bonds. The first kappa shape index (κ1) is 19.7. The number of hydrogen-bond donors (Lipinski definition) is 2. The first-order valence-electron chi connectivity index (χ1n) is 6.26. The van der Waals surface area contributed by atoms with Gasteiger partial charge in [-0.05, 0) is 55.8 Å². The fourth-order valence-electron chi connectivity index (χ4n) is 3.99. The molecule has 108 valence electrons. The van der Waals surface area contributed by atoms with Crippen molar-refractivity contribution in [1.29, 1.82) is 0 Å². The summed E-state index contributed by atoms with van der Waals surface area (Å²) in [5.41, 5.74) is 0. The number of rotatable bonds is 0. The fourth-order valence-corrected chi connectivity index (χ4v) is 3.99. The predicted molar refractivity (Wildman–Crippen MR) is 76.3 cm³/mol. The molecule has 3 nitrogen and oxygen atoms in total. The van der Waals surface area contributed by atoms with E-state index in [0.717, 1.165) is 43.6 Å². The highest BCUT2D eigenvalue weighted by molar-refractivity contribution is 5.11. The van der Waals surface area contributed by atoms with Crippen LogP contribution in [0.3, 0.4) is 0 Å². The van der Waals surface area contributed by atoms with Crippen molar-refractivity contribution in [3.63, 3.8) is 0 Å². The molecule has 2 N–H and O–H groups in total. The normalized spacial score (nSPS) is 37.6. The lowest BCUT2D eigenvalue weighted by molar-refractivity contribution is -0.0979. The Bertz CT molecular complexity index is 188. The molecule has 3 heteroatoms. The minimum atomic E-state index is 0. The quantitative estimate of drug-likeness (QED) is 0.657. The molecule has 0 radical (unpaired) electrons. The van der Waals surface area contributed by atoms with Gasteiger partial charge in [0.1, 0.15) is 6.79 Å². The molecule has 3 aliphatic rings. The number of aliphatic hydroxyl groups excluding tert-OH is 2. The molecule has 3 saturated carbocycles. The molecule has 3 aliphatic carbocycles. The molecule has 0 heterocycles. The van der Waals surface area contributed by atoms with Gasteiger partial charge in [0, 0.05) is 7.11 Å². The molecule has 0 spiro atoms. The van der Waals surface area contributed by atoms with Crippen molar-refractivity contribution < 1.29 is 15.0 Å². The summed E-state index contributed by atoms with van der Waals surface area (Å²) in [6, 6.07) is 0. The van der Waals surface area contributed by atoms with Crippen LogP contribution in [-0.4, -0.2) is 30.2 Å². The Hall–Kier alpha value is -0.670. The van der Waals surface area contributed by atoms with Crippen LogP contribution in [0.25, 0.3) is 0 Å². The Morgan fingerprint density at radius 1 is 0.889 bits per heavy atom. The predicted octanol–water partition coefficient (Wildman–Crippen LogP) is 2.67. The Morgan fingerprint density at radius 3 is 1.56 bits per heavy atom. The number of hydrogen-bond acceptors (Lipinski definition) is 3. The Labute approximate surface area is 112 Å². The van der Waals surface area contributed by atoms with Crippen molar-refractivity contribution in [2.75, 3.05) is 7.11 Å². The van der Waals surface area contributed by atoms with Gasteiger partial charge < -0.3 is 15.0 Å². The van der Waals surface area contributed by atoms with E-state index < -0.39 is 0 Å². The minimum absolute atomic E-state index is 0. The molecule has 2 bridgehead atoms. The van der Waals surface area contributed by atoms with E-state index in [-0.39, 0.29) is 13.5 Å². The number of aliphatic hydroxyl groups is 2. The molecular weight excluding hydrogens is 228 g/mol. The van der Waals surface area contributed by atoms with Gasteiger partial charge in [0.15, 0.2) is 0 Å². The Balaban J connectivity index is 0. The van der Waals surface area contributed by atoms with Gasteiger partial charge in [-0.15, -0.1) is 13.2 Å². The second kappa shape index (κ2) is 10.3. The summed E-state index contributed by atoms with van der Waals surface area (Å²) in [6.07, 6.45) is 6.77. The summed E-state index contributed by atoms with van der Waals surface area (Å²) >= 11 is 0. The number of fused-ring (bicyclic) bond motifs is 5. The molecule has 0 saturated heterocycles. The molecule has 4 atom stereocenters. The molecule has 18 heavy (non-hydrogen) atoms. The van der Waals surface area contributed by atoms with E-state index in [1.807, 2.05) is 6.79 Å². The standard InChI is InChI=1S/C10H16O.C2H4.CH4O.CH2O.CH4/c11-8-4-9-6-1-2-7(3-6)10(9)5-8;3*1-2;/h6-11H,1-5H2;1-2H2;2H,1H3;1H2;1H4. The van der Waals surface area contributed by atoms with Gasteiger partial charge in [-0.25, -0.2) is 0 Å². The molecule has 0 aliphatic heterocycles. The van der Waals surface area contributed by atoms with Crippen LogP contribution in [-0.2, 0) is 4.79 Å². The topological polar surface area (TPSA) is 57.5 Å². The van der Waals surface area contributed by atoms with Gasteiger partial charge in [-0.1, -0.05) is 7.43 Å². The van der Waals surface area contributed by atoms with Crippen LogP contribution in [0, 0.1) is 23.7 Å². The summed E-state index contributed by atoms with van der Waals surface area (Å²) in [6.45, 7) is 8.00. The van der Waals surface area contributed by atoms with Crippen molar-refractivity contribution in [2.45, 2.75) is 45.6 Å². The molecule has 0 aromatic carbocycles. The Kier molecular flexibility index (Phi) is 11.2. The lowest BCUT2D eigenvalue weighted by Gasteiger charge is -2.23. The molecule has 0 aromatic rings. The van der Waals surface area contributed by atoms with Gasteiger partial charge in [0.05, 0.1) is 6.10 Å². The van der Waals surface area contributed by atoms with Gasteiger partial charge in [-0.2, -0.15) is 0 Å². The first-order chi connectivity index (χ1) is 8.34. The highest BCUT2D eigenvalue weighted by Crippen LogP contribution is 2.58. The van der Waals surface area contributed by atoms with Crippen LogP contribution in [0.5, 0.6) is 0 Å². The van der Waals surface area contributed by atoms with Crippen LogP contribution in [0.4, 0.5) is 0 Å². The lowest BCUT2D eigenvalue weighted by atomic mass is 9.82. The van der Waals surface area contributed by atoms with Crippen molar-refractivity contribution >= 4 is 6.79 Å². The van der Waals surface area contributed by atoms with Crippen molar-refractivity contribution in [3.05, 3.63) is 13.2 Å². The molecule has 3 rings (SSSR count). The van der Waals surface area contributed by atoms with E-state index in [1.54, 1.807) is 0 Å². The zero-order valence-electron chi connectivity index (χ0n) is 10.8. The summed E-state index contributed by atoms with van der Waals surface area (Å²) in [4.78, 5) is 8.00. The van der Waals surface area contributed by atoms with Crippen molar-refractivity contribution in [3.8, 4) is 0 Å². The highest BCUT2D eigenvalue weighted by Gasteiger charge is 2.51. The Morgan fingerprint density at radius 2 is 1.22 bits per heavy atom. The second-order valence-electron chi connectivity index (χ2n) is 4.79. The van der Waals surface area contributed by atoms with E-state index >= 15 is 0 Å². The maximum absolute atomic E-state index is 9.50.